The molecule has 0 aliphatic heterocycles. The first-order chi connectivity index (χ1) is 9.62. The zero-order valence-electron chi connectivity index (χ0n) is 13.4. The SMILES string of the molecule is CCNc1c(C)c(CC)nc2ccc(C(C)CC)cc12. The monoisotopic (exact) mass is 270 g/mol. The van der Waals surface area contributed by atoms with Crippen LogP contribution in [-0.2, 0) is 6.42 Å². The molecule has 2 nitrogen and oxygen atoms in total. The second-order valence-corrected chi connectivity index (χ2v) is 5.53. The molecule has 0 spiro atoms. The Labute approximate surface area is 122 Å². The lowest BCUT2D eigenvalue weighted by Gasteiger charge is -2.17. The van der Waals surface area contributed by atoms with Crippen molar-refractivity contribution in [1.82, 2.24) is 4.98 Å². The van der Waals surface area contributed by atoms with Crippen LogP contribution in [0.4, 0.5) is 5.69 Å². The molecule has 0 radical (unpaired) electrons. The zero-order valence-corrected chi connectivity index (χ0v) is 13.4. The van der Waals surface area contributed by atoms with Crippen LogP contribution in [0.25, 0.3) is 10.9 Å². The Morgan fingerprint density at radius 3 is 2.55 bits per heavy atom. The van der Waals surface area contributed by atoms with E-state index in [9.17, 15) is 0 Å². The fraction of sp³-hybridized carbons (Fsp3) is 0.500. The van der Waals surface area contributed by atoms with Gasteiger partial charge in [0.05, 0.1) is 5.52 Å². The topological polar surface area (TPSA) is 24.9 Å². The van der Waals surface area contributed by atoms with Gasteiger partial charge < -0.3 is 5.32 Å². The highest BCUT2D eigenvalue weighted by Crippen LogP contribution is 2.31. The van der Waals surface area contributed by atoms with E-state index in [-0.39, 0.29) is 0 Å². The van der Waals surface area contributed by atoms with Crippen molar-refractivity contribution in [3.63, 3.8) is 0 Å². The van der Waals surface area contributed by atoms with Gasteiger partial charge in [0.2, 0.25) is 0 Å². The van der Waals surface area contributed by atoms with Gasteiger partial charge in [-0.3, -0.25) is 4.98 Å². The molecule has 2 aromatic rings. The number of fused-ring (bicyclic) bond motifs is 1. The lowest BCUT2D eigenvalue weighted by atomic mass is 9.95. The van der Waals surface area contributed by atoms with E-state index in [0.717, 1.165) is 18.5 Å². The summed E-state index contributed by atoms with van der Waals surface area (Å²) in [6, 6.07) is 6.73. The number of nitrogens with zero attached hydrogens (tertiary/aromatic N) is 1. The molecular formula is C18H26N2. The van der Waals surface area contributed by atoms with Crippen molar-refractivity contribution in [3.05, 3.63) is 35.0 Å². The van der Waals surface area contributed by atoms with Gasteiger partial charge in [0.1, 0.15) is 0 Å². The molecule has 1 heterocycles. The summed E-state index contributed by atoms with van der Waals surface area (Å²) >= 11 is 0. The van der Waals surface area contributed by atoms with E-state index < -0.39 is 0 Å². The van der Waals surface area contributed by atoms with Gasteiger partial charge in [0.15, 0.2) is 0 Å². The molecule has 2 rings (SSSR count). The van der Waals surface area contributed by atoms with Crippen LogP contribution in [0.1, 0.15) is 56.9 Å². The molecule has 0 aliphatic carbocycles. The minimum absolute atomic E-state index is 0.597. The minimum Gasteiger partial charge on any atom is -0.385 e. The molecule has 1 atom stereocenters. The first-order valence-electron chi connectivity index (χ1n) is 7.79. The maximum Gasteiger partial charge on any atom is 0.0726 e. The summed E-state index contributed by atoms with van der Waals surface area (Å²) in [5.74, 6) is 0.597. The molecule has 0 bridgehead atoms. The van der Waals surface area contributed by atoms with Crippen molar-refractivity contribution in [2.75, 3.05) is 11.9 Å². The third-order valence-electron chi connectivity index (χ3n) is 4.22. The molecule has 1 aromatic heterocycles. The Morgan fingerprint density at radius 2 is 1.95 bits per heavy atom. The molecular weight excluding hydrogens is 244 g/mol. The number of nitrogens with one attached hydrogen (secondary N) is 1. The van der Waals surface area contributed by atoms with E-state index >= 15 is 0 Å². The minimum atomic E-state index is 0.597. The Morgan fingerprint density at radius 1 is 1.20 bits per heavy atom. The molecule has 0 aliphatic rings. The van der Waals surface area contributed by atoms with Crippen LogP contribution in [0.5, 0.6) is 0 Å². The number of aromatic nitrogens is 1. The summed E-state index contributed by atoms with van der Waals surface area (Å²) < 4.78 is 0. The fourth-order valence-electron chi connectivity index (χ4n) is 2.72. The first kappa shape index (κ1) is 14.8. The predicted molar refractivity (Wildman–Crippen MR) is 88.7 cm³/mol. The lowest BCUT2D eigenvalue weighted by molar-refractivity contribution is 0.734. The van der Waals surface area contributed by atoms with Crippen LogP contribution < -0.4 is 5.32 Å². The second-order valence-electron chi connectivity index (χ2n) is 5.53. The van der Waals surface area contributed by atoms with Crippen molar-refractivity contribution in [1.29, 1.82) is 0 Å². The van der Waals surface area contributed by atoms with Gasteiger partial charge in [0, 0.05) is 23.3 Å². The number of aryl methyl sites for hydroxylation is 1. The summed E-state index contributed by atoms with van der Waals surface area (Å²) in [6.45, 7) is 12.0. The van der Waals surface area contributed by atoms with Gasteiger partial charge >= 0.3 is 0 Å². The smallest absolute Gasteiger partial charge is 0.0726 e. The Bertz CT molecular complexity index is 602. The number of rotatable bonds is 5. The molecule has 0 amide bonds. The predicted octanol–water partition coefficient (Wildman–Crippen LogP) is 5.05. The number of hydrogen-bond donors (Lipinski definition) is 1. The number of anilines is 1. The van der Waals surface area contributed by atoms with Gasteiger partial charge in [-0.25, -0.2) is 0 Å². The van der Waals surface area contributed by atoms with Gasteiger partial charge in [-0.05, 0) is 55.9 Å². The second kappa shape index (κ2) is 6.25. The van der Waals surface area contributed by atoms with Crippen molar-refractivity contribution in [3.8, 4) is 0 Å². The highest BCUT2D eigenvalue weighted by Gasteiger charge is 2.12. The average molecular weight is 270 g/mol. The van der Waals surface area contributed by atoms with Crippen molar-refractivity contribution in [2.45, 2.75) is 53.4 Å². The van der Waals surface area contributed by atoms with Gasteiger partial charge in [0.25, 0.3) is 0 Å². The van der Waals surface area contributed by atoms with Crippen LogP contribution >= 0.6 is 0 Å². The van der Waals surface area contributed by atoms with Gasteiger partial charge in [-0.2, -0.15) is 0 Å². The maximum atomic E-state index is 4.82. The normalized spacial score (nSPS) is 12.7. The molecule has 1 aromatic carbocycles. The third-order valence-corrected chi connectivity index (χ3v) is 4.22. The lowest BCUT2D eigenvalue weighted by Crippen LogP contribution is -2.05. The summed E-state index contributed by atoms with van der Waals surface area (Å²) in [5, 5.41) is 4.80. The van der Waals surface area contributed by atoms with Crippen LogP contribution in [-0.4, -0.2) is 11.5 Å². The van der Waals surface area contributed by atoms with Crippen LogP contribution in [0.3, 0.4) is 0 Å². The van der Waals surface area contributed by atoms with Gasteiger partial charge in [-0.1, -0.05) is 26.8 Å². The van der Waals surface area contributed by atoms with Crippen molar-refractivity contribution < 1.29 is 0 Å². The highest BCUT2D eigenvalue weighted by atomic mass is 14.9. The number of benzene rings is 1. The number of pyridine rings is 1. The van der Waals surface area contributed by atoms with E-state index in [4.69, 9.17) is 4.98 Å². The van der Waals surface area contributed by atoms with E-state index in [1.54, 1.807) is 0 Å². The van der Waals surface area contributed by atoms with E-state index in [2.05, 4.69) is 58.1 Å². The average Bonchev–Trinajstić information content (AvgIpc) is 2.48. The Hall–Kier alpha value is -1.57. The molecule has 2 heteroatoms. The molecule has 0 saturated carbocycles. The van der Waals surface area contributed by atoms with Crippen LogP contribution in [0, 0.1) is 6.92 Å². The first-order valence-corrected chi connectivity index (χ1v) is 7.79. The molecule has 0 saturated heterocycles. The standard InChI is InChI=1S/C18H26N2/c1-6-12(4)14-9-10-17-15(11-14)18(19-8-3)13(5)16(7-2)20-17/h9-12H,6-8H2,1-5H3,(H,19,20). The van der Waals surface area contributed by atoms with E-state index in [1.165, 1.54) is 34.3 Å². The van der Waals surface area contributed by atoms with E-state index in [1.807, 2.05) is 0 Å². The zero-order chi connectivity index (χ0) is 14.7. The third kappa shape index (κ3) is 2.65. The quantitative estimate of drug-likeness (QED) is 0.822. The largest absolute Gasteiger partial charge is 0.385 e. The molecule has 108 valence electrons. The summed E-state index contributed by atoms with van der Waals surface area (Å²) in [7, 11) is 0. The van der Waals surface area contributed by atoms with Crippen LogP contribution in [0.2, 0.25) is 0 Å². The number of hydrogen-bond acceptors (Lipinski definition) is 2. The van der Waals surface area contributed by atoms with Crippen molar-refractivity contribution >= 4 is 16.6 Å². The molecule has 1 unspecified atom stereocenters. The molecule has 1 N–H and O–H groups in total. The Balaban J connectivity index is 2.68. The Kier molecular flexibility index (Phi) is 4.64. The van der Waals surface area contributed by atoms with Crippen molar-refractivity contribution in [2.24, 2.45) is 0 Å². The summed E-state index contributed by atoms with van der Waals surface area (Å²) in [4.78, 5) is 4.82. The van der Waals surface area contributed by atoms with E-state index in [0.29, 0.717) is 5.92 Å². The molecule has 0 fully saturated rings. The van der Waals surface area contributed by atoms with Crippen LogP contribution in [0.15, 0.2) is 18.2 Å². The summed E-state index contributed by atoms with van der Waals surface area (Å²) in [5.41, 5.74) is 6.27. The summed E-state index contributed by atoms with van der Waals surface area (Å²) in [6.07, 6.45) is 2.15. The fourth-order valence-corrected chi connectivity index (χ4v) is 2.72. The van der Waals surface area contributed by atoms with Gasteiger partial charge in [-0.15, -0.1) is 0 Å². The maximum absolute atomic E-state index is 4.82. The molecule has 20 heavy (non-hydrogen) atoms. The highest BCUT2D eigenvalue weighted by molar-refractivity contribution is 5.94.